The first-order chi connectivity index (χ1) is 14.7. The van der Waals surface area contributed by atoms with Crippen molar-refractivity contribution in [1.29, 1.82) is 0 Å². The van der Waals surface area contributed by atoms with Gasteiger partial charge < -0.3 is 14.2 Å². The zero-order valence-corrected chi connectivity index (χ0v) is 16.9. The predicted molar refractivity (Wildman–Crippen MR) is 118 cm³/mol. The molecule has 1 aromatic heterocycles. The van der Waals surface area contributed by atoms with Gasteiger partial charge in [-0.1, -0.05) is 48.5 Å². The summed E-state index contributed by atoms with van der Waals surface area (Å²) in [5.41, 5.74) is 4.06. The summed E-state index contributed by atoms with van der Waals surface area (Å²) in [7, 11) is 1.69. The van der Waals surface area contributed by atoms with Crippen LogP contribution in [0, 0.1) is 0 Å². The Hall–Kier alpha value is -3.60. The number of amides is 1. The van der Waals surface area contributed by atoms with Gasteiger partial charge in [-0.15, -0.1) is 0 Å². The van der Waals surface area contributed by atoms with Gasteiger partial charge in [-0.25, -0.2) is 4.98 Å². The van der Waals surface area contributed by atoms with Crippen LogP contribution in [-0.2, 0) is 11.3 Å². The van der Waals surface area contributed by atoms with Crippen LogP contribution in [0.4, 0.5) is 5.69 Å². The highest BCUT2D eigenvalue weighted by Gasteiger charge is 2.34. The SMILES string of the molecule is COc1ccccc1Cn1c(C2CC(=O)N(c3ccccc3)C2)nc2ccccc21. The lowest BCUT2D eigenvalue weighted by molar-refractivity contribution is -0.117. The number of hydrogen-bond donors (Lipinski definition) is 0. The third-order valence-electron chi connectivity index (χ3n) is 5.76. The number of ether oxygens (including phenoxy) is 1. The second-order valence-electron chi connectivity index (χ2n) is 7.60. The number of aromatic nitrogens is 2. The van der Waals surface area contributed by atoms with Crippen molar-refractivity contribution in [3.05, 3.63) is 90.3 Å². The van der Waals surface area contributed by atoms with Gasteiger partial charge in [0.15, 0.2) is 0 Å². The second-order valence-corrected chi connectivity index (χ2v) is 7.60. The molecule has 0 spiro atoms. The number of fused-ring (bicyclic) bond motifs is 1. The lowest BCUT2D eigenvalue weighted by Gasteiger charge is -2.18. The molecular formula is C25H23N3O2. The number of carbonyl (C=O) groups excluding carboxylic acids is 1. The average Bonchev–Trinajstić information content (AvgIpc) is 3.35. The van der Waals surface area contributed by atoms with E-state index in [0.717, 1.165) is 33.9 Å². The zero-order valence-electron chi connectivity index (χ0n) is 16.9. The normalized spacial score (nSPS) is 16.4. The highest BCUT2D eigenvalue weighted by atomic mass is 16.5. The van der Waals surface area contributed by atoms with Gasteiger partial charge in [0.25, 0.3) is 0 Å². The summed E-state index contributed by atoms with van der Waals surface area (Å²) in [5, 5.41) is 0. The molecule has 5 rings (SSSR count). The van der Waals surface area contributed by atoms with E-state index < -0.39 is 0 Å². The molecule has 1 aliphatic rings. The molecule has 2 heterocycles. The smallest absolute Gasteiger partial charge is 0.227 e. The van der Waals surface area contributed by atoms with Crippen LogP contribution < -0.4 is 9.64 Å². The van der Waals surface area contributed by atoms with Crippen LogP contribution in [0.3, 0.4) is 0 Å². The van der Waals surface area contributed by atoms with Gasteiger partial charge in [0, 0.05) is 30.1 Å². The Morgan fingerprint density at radius 3 is 2.53 bits per heavy atom. The number of anilines is 1. The molecule has 0 bridgehead atoms. The molecule has 1 unspecified atom stereocenters. The Kier molecular flexibility index (Phi) is 4.71. The minimum atomic E-state index is 0.0415. The van der Waals surface area contributed by atoms with Crippen molar-refractivity contribution in [1.82, 2.24) is 9.55 Å². The van der Waals surface area contributed by atoms with Crippen LogP contribution in [0.5, 0.6) is 5.75 Å². The van der Waals surface area contributed by atoms with E-state index in [1.807, 2.05) is 71.6 Å². The maximum Gasteiger partial charge on any atom is 0.227 e. The van der Waals surface area contributed by atoms with Gasteiger partial charge in [0.1, 0.15) is 11.6 Å². The van der Waals surface area contributed by atoms with Crippen molar-refractivity contribution in [3.63, 3.8) is 0 Å². The average molecular weight is 397 g/mol. The molecule has 0 aliphatic carbocycles. The quantitative estimate of drug-likeness (QED) is 0.494. The molecule has 0 N–H and O–H groups in total. The van der Waals surface area contributed by atoms with Crippen molar-refractivity contribution in [2.75, 3.05) is 18.6 Å². The van der Waals surface area contributed by atoms with Crippen LogP contribution in [-0.4, -0.2) is 29.1 Å². The van der Waals surface area contributed by atoms with Gasteiger partial charge in [-0.2, -0.15) is 0 Å². The standard InChI is InChI=1S/C25H23N3O2/c1-30-23-14-8-5-9-18(23)16-28-22-13-7-6-12-21(22)26-25(28)19-15-24(29)27(17-19)20-10-3-2-4-11-20/h2-14,19H,15-17H2,1H3. The predicted octanol–water partition coefficient (Wildman–Crippen LogP) is 4.61. The molecule has 30 heavy (non-hydrogen) atoms. The number of nitrogens with zero attached hydrogens (tertiary/aromatic N) is 3. The van der Waals surface area contributed by atoms with E-state index in [9.17, 15) is 4.79 Å². The molecule has 5 heteroatoms. The zero-order chi connectivity index (χ0) is 20.5. The fourth-order valence-corrected chi connectivity index (χ4v) is 4.31. The number of rotatable bonds is 5. The summed E-state index contributed by atoms with van der Waals surface area (Å²) in [6.07, 6.45) is 0.462. The Labute approximate surface area is 175 Å². The summed E-state index contributed by atoms with van der Waals surface area (Å²) in [4.78, 5) is 19.6. The van der Waals surface area contributed by atoms with Crippen molar-refractivity contribution < 1.29 is 9.53 Å². The molecule has 150 valence electrons. The first-order valence-electron chi connectivity index (χ1n) is 10.2. The van der Waals surface area contributed by atoms with Gasteiger partial charge in [-0.3, -0.25) is 4.79 Å². The van der Waals surface area contributed by atoms with E-state index in [1.54, 1.807) is 7.11 Å². The summed E-state index contributed by atoms with van der Waals surface area (Å²) in [6.45, 7) is 1.29. The van der Waals surface area contributed by atoms with Gasteiger partial charge >= 0.3 is 0 Å². The highest BCUT2D eigenvalue weighted by molar-refractivity contribution is 5.96. The molecule has 0 radical (unpaired) electrons. The minimum absolute atomic E-state index is 0.0415. The maximum absolute atomic E-state index is 12.8. The monoisotopic (exact) mass is 397 g/mol. The topological polar surface area (TPSA) is 47.4 Å². The molecule has 1 amide bonds. The summed E-state index contributed by atoms with van der Waals surface area (Å²) in [6, 6.07) is 26.1. The number of carbonyl (C=O) groups is 1. The van der Waals surface area contributed by atoms with E-state index in [-0.39, 0.29) is 11.8 Å². The Bertz CT molecular complexity index is 1200. The molecular weight excluding hydrogens is 374 g/mol. The number of hydrogen-bond acceptors (Lipinski definition) is 3. The third-order valence-corrected chi connectivity index (χ3v) is 5.76. The van der Waals surface area contributed by atoms with Crippen LogP contribution in [0.2, 0.25) is 0 Å². The Morgan fingerprint density at radius 2 is 1.70 bits per heavy atom. The molecule has 1 saturated heterocycles. The van der Waals surface area contributed by atoms with Crippen molar-refractivity contribution >= 4 is 22.6 Å². The molecule has 5 nitrogen and oxygen atoms in total. The Balaban J connectivity index is 1.55. The largest absolute Gasteiger partial charge is 0.496 e. The van der Waals surface area contributed by atoms with E-state index in [0.29, 0.717) is 19.5 Å². The van der Waals surface area contributed by atoms with E-state index in [1.165, 1.54) is 0 Å². The van der Waals surface area contributed by atoms with Crippen molar-refractivity contribution in [2.24, 2.45) is 0 Å². The fraction of sp³-hybridized carbons (Fsp3) is 0.200. The number of imidazole rings is 1. The van der Waals surface area contributed by atoms with Crippen LogP contribution >= 0.6 is 0 Å². The fourth-order valence-electron chi connectivity index (χ4n) is 4.31. The molecule has 4 aromatic rings. The third kappa shape index (κ3) is 3.22. The van der Waals surface area contributed by atoms with Crippen molar-refractivity contribution in [3.8, 4) is 5.75 Å². The first-order valence-corrected chi connectivity index (χ1v) is 10.2. The van der Waals surface area contributed by atoms with Crippen LogP contribution in [0.1, 0.15) is 23.7 Å². The number of para-hydroxylation sites is 4. The van der Waals surface area contributed by atoms with E-state index in [2.05, 4.69) is 16.7 Å². The van der Waals surface area contributed by atoms with Gasteiger partial charge in [0.05, 0.1) is 24.7 Å². The van der Waals surface area contributed by atoms with Crippen LogP contribution in [0.15, 0.2) is 78.9 Å². The number of methoxy groups -OCH3 is 1. The molecule has 1 atom stereocenters. The maximum atomic E-state index is 12.8. The van der Waals surface area contributed by atoms with E-state index >= 15 is 0 Å². The Morgan fingerprint density at radius 1 is 0.967 bits per heavy atom. The lowest BCUT2D eigenvalue weighted by atomic mass is 10.1. The highest BCUT2D eigenvalue weighted by Crippen LogP contribution is 2.34. The molecule has 3 aromatic carbocycles. The minimum Gasteiger partial charge on any atom is -0.496 e. The first kappa shape index (κ1) is 18.4. The summed E-state index contributed by atoms with van der Waals surface area (Å²) < 4.78 is 7.80. The molecule has 0 saturated carbocycles. The summed E-state index contributed by atoms with van der Waals surface area (Å²) >= 11 is 0. The molecule has 1 aliphatic heterocycles. The second kappa shape index (κ2) is 7.67. The van der Waals surface area contributed by atoms with Gasteiger partial charge in [0.2, 0.25) is 5.91 Å². The van der Waals surface area contributed by atoms with E-state index in [4.69, 9.17) is 9.72 Å². The molecule has 1 fully saturated rings. The van der Waals surface area contributed by atoms with Crippen LogP contribution in [0.25, 0.3) is 11.0 Å². The number of benzene rings is 3. The van der Waals surface area contributed by atoms with Gasteiger partial charge in [-0.05, 0) is 30.3 Å². The summed E-state index contributed by atoms with van der Waals surface area (Å²) in [5.74, 6) is 1.99. The lowest BCUT2D eigenvalue weighted by Crippen LogP contribution is -2.24. The van der Waals surface area contributed by atoms with Crippen molar-refractivity contribution in [2.45, 2.75) is 18.9 Å².